The van der Waals surface area contributed by atoms with Crippen molar-refractivity contribution in [3.05, 3.63) is 102 Å². The zero-order chi connectivity index (χ0) is 22.2. The van der Waals surface area contributed by atoms with E-state index in [1.807, 2.05) is 68.4 Å². The molecule has 0 aromatic heterocycles. The molecule has 0 saturated carbocycles. The first kappa shape index (κ1) is 22.4. The van der Waals surface area contributed by atoms with Gasteiger partial charge in [-0.15, -0.1) is 0 Å². The van der Waals surface area contributed by atoms with Crippen LogP contribution in [0.4, 0.5) is 0 Å². The molecule has 0 radical (unpaired) electrons. The lowest BCUT2D eigenvalue weighted by Gasteiger charge is -2.24. The predicted molar refractivity (Wildman–Crippen MR) is 123 cm³/mol. The second kappa shape index (κ2) is 10.7. The van der Waals surface area contributed by atoms with Crippen LogP contribution in [0.15, 0.2) is 91.5 Å². The van der Waals surface area contributed by atoms with Crippen molar-refractivity contribution in [1.82, 2.24) is 0 Å². The highest BCUT2D eigenvalue weighted by atomic mass is 35.5. The van der Waals surface area contributed by atoms with E-state index in [0.29, 0.717) is 16.5 Å². The van der Waals surface area contributed by atoms with Gasteiger partial charge in [0.15, 0.2) is 6.10 Å². The van der Waals surface area contributed by atoms with Gasteiger partial charge in [0.05, 0.1) is 0 Å². The number of halogens is 1. The van der Waals surface area contributed by atoms with Crippen molar-refractivity contribution in [2.45, 2.75) is 26.1 Å². The molecule has 3 aromatic carbocycles. The van der Waals surface area contributed by atoms with Gasteiger partial charge in [0.2, 0.25) is 0 Å². The molecule has 0 aliphatic carbocycles. The molecule has 0 fully saturated rings. The Kier molecular flexibility index (Phi) is 7.74. The Balaban J connectivity index is 1.72. The molecule has 0 spiro atoms. The Labute approximate surface area is 188 Å². The molecule has 0 N–H and O–H groups in total. The lowest BCUT2D eigenvalue weighted by Crippen LogP contribution is -2.35. The van der Waals surface area contributed by atoms with Crippen LogP contribution in [0.2, 0.25) is 5.02 Å². The Morgan fingerprint density at radius 2 is 1.58 bits per heavy atom. The van der Waals surface area contributed by atoms with E-state index < -0.39 is 18.2 Å². The van der Waals surface area contributed by atoms with Gasteiger partial charge in [-0.05, 0) is 54.6 Å². The van der Waals surface area contributed by atoms with Crippen molar-refractivity contribution in [3.63, 3.8) is 0 Å². The smallest absolute Gasteiger partial charge is 0.348 e. The molecule has 0 aliphatic heterocycles. The summed E-state index contributed by atoms with van der Waals surface area (Å²) in [6, 6.07) is 23.7. The number of esters is 1. The standard InChI is InChI=1S/C26H25ClO4/c1-4-24(19-9-8-12-23(17-19)29-21-10-6-5-7-11-21)31-26(28)25(18(2)3)30-22-15-13-20(27)14-16-22/h4-18,24-25H,1H2,2-3H3. The van der Waals surface area contributed by atoms with Crippen LogP contribution in [-0.4, -0.2) is 12.1 Å². The summed E-state index contributed by atoms with van der Waals surface area (Å²) in [5.41, 5.74) is 0.755. The van der Waals surface area contributed by atoms with E-state index >= 15 is 0 Å². The third-order valence-electron chi connectivity index (χ3n) is 4.54. The van der Waals surface area contributed by atoms with Gasteiger partial charge < -0.3 is 14.2 Å². The van der Waals surface area contributed by atoms with Crippen LogP contribution in [0.3, 0.4) is 0 Å². The topological polar surface area (TPSA) is 44.8 Å². The zero-order valence-electron chi connectivity index (χ0n) is 17.5. The van der Waals surface area contributed by atoms with Crippen LogP contribution in [0.25, 0.3) is 0 Å². The Morgan fingerprint density at radius 1 is 0.903 bits per heavy atom. The summed E-state index contributed by atoms with van der Waals surface area (Å²) in [7, 11) is 0. The summed E-state index contributed by atoms with van der Waals surface area (Å²) in [5.74, 6) is 1.35. The highest BCUT2D eigenvalue weighted by molar-refractivity contribution is 6.30. The third-order valence-corrected chi connectivity index (χ3v) is 4.79. The molecule has 0 amide bonds. The van der Waals surface area contributed by atoms with E-state index in [-0.39, 0.29) is 5.92 Å². The Hall–Kier alpha value is -3.24. The van der Waals surface area contributed by atoms with Crippen LogP contribution in [-0.2, 0) is 9.53 Å². The number of hydrogen-bond acceptors (Lipinski definition) is 4. The van der Waals surface area contributed by atoms with Gasteiger partial charge in [-0.2, -0.15) is 0 Å². The molecular weight excluding hydrogens is 412 g/mol. The molecule has 2 atom stereocenters. The van der Waals surface area contributed by atoms with Crippen molar-refractivity contribution in [1.29, 1.82) is 0 Å². The van der Waals surface area contributed by atoms with Crippen LogP contribution >= 0.6 is 11.6 Å². The zero-order valence-corrected chi connectivity index (χ0v) is 18.3. The quantitative estimate of drug-likeness (QED) is 0.267. The lowest BCUT2D eigenvalue weighted by atomic mass is 10.1. The van der Waals surface area contributed by atoms with Crippen LogP contribution in [0, 0.1) is 5.92 Å². The molecule has 0 aliphatic rings. The van der Waals surface area contributed by atoms with E-state index in [2.05, 4.69) is 6.58 Å². The lowest BCUT2D eigenvalue weighted by molar-refractivity contribution is -0.157. The number of hydrogen-bond donors (Lipinski definition) is 0. The van der Waals surface area contributed by atoms with Crippen LogP contribution < -0.4 is 9.47 Å². The number of para-hydroxylation sites is 1. The number of carbonyl (C=O) groups excluding carboxylic acids is 1. The maximum absolute atomic E-state index is 12.9. The second-order valence-electron chi connectivity index (χ2n) is 7.32. The normalized spacial score (nSPS) is 12.6. The van der Waals surface area contributed by atoms with Gasteiger partial charge in [-0.1, -0.05) is 62.4 Å². The molecular formula is C26H25ClO4. The number of ether oxygens (including phenoxy) is 3. The summed E-state index contributed by atoms with van der Waals surface area (Å²) in [6.45, 7) is 7.63. The number of rotatable bonds is 9. The Morgan fingerprint density at radius 3 is 2.23 bits per heavy atom. The van der Waals surface area contributed by atoms with E-state index in [1.165, 1.54) is 0 Å². The first-order valence-electron chi connectivity index (χ1n) is 10.0. The molecule has 5 heteroatoms. The van der Waals surface area contributed by atoms with E-state index in [0.717, 1.165) is 11.3 Å². The molecule has 0 saturated heterocycles. The van der Waals surface area contributed by atoms with Crippen molar-refractivity contribution >= 4 is 17.6 Å². The average molecular weight is 437 g/mol. The third kappa shape index (κ3) is 6.37. The molecule has 31 heavy (non-hydrogen) atoms. The monoisotopic (exact) mass is 436 g/mol. The van der Waals surface area contributed by atoms with Gasteiger partial charge in [-0.3, -0.25) is 0 Å². The van der Waals surface area contributed by atoms with Gasteiger partial charge in [0.1, 0.15) is 23.4 Å². The first-order valence-corrected chi connectivity index (χ1v) is 10.4. The van der Waals surface area contributed by atoms with Gasteiger partial charge >= 0.3 is 5.97 Å². The fraction of sp³-hybridized carbons (Fsp3) is 0.192. The second-order valence-corrected chi connectivity index (χ2v) is 7.75. The maximum atomic E-state index is 12.9. The summed E-state index contributed by atoms with van der Waals surface area (Å²) in [4.78, 5) is 12.9. The molecule has 0 heterocycles. The summed E-state index contributed by atoms with van der Waals surface area (Å²) in [6.07, 6.45) is 0.174. The van der Waals surface area contributed by atoms with Gasteiger partial charge in [-0.25, -0.2) is 4.79 Å². The highest BCUT2D eigenvalue weighted by Crippen LogP contribution is 2.28. The van der Waals surface area contributed by atoms with Crippen LogP contribution in [0.1, 0.15) is 25.5 Å². The van der Waals surface area contributed by atoms with E-state index in [4.69, 9.17) is 25.8 Å². The SMILES string of the molecule is C=CC(OC(=O)C(Oc1ccc(Cl)cc1)C(C)C)c1cccc(Oc2ccccc2)c1. The molecule has 3 rings (SSSR count). The summed E-state index contributed by atoms with van der Waals surface area (Å²) < 4.78 is 17.5. The van der Waals surface area contributed by atoms with Crippen molar-refractivity contribution in [2.75, 3.05) is 0 Å². The van der Waals surface area contributed by atoms with E-state index in [1.54, 1.807) is 30.3 Å². The Bertz CT molecular complexity index is 999. The van der Waals surface area contributed by atoms with Crippen molar-refractivity contribution in [2.24, 2.45) is 5.92 Å². The van der Waals surface area contributed by atoms with Gasteiger partial charge in [0, 0.05) is 16.5 Å². The highest BCUT2D eigenvalue weighted by Gasteiger charge is 2.28. The number of carbonyl (C=O) groups is 1. The minimum Gasteiger partial charge on any atom is -0.478 e. The molecule has 0 bridgehead atoms. The summed E-state index contributed by atoms with van der Waals surface area (Å²) in [5, 5.41) is 0.598. The van der Waals surface area contributed by atoms with Crippen molar-refractivity contribution in [3.8, 4) is 17.2 Å². The predicted octanol–water partition coefficient (Wildman–Crippen LogP) is 7.01. The largest absolute Gasteiger partial charge is 0.478 e. The van der Waals surface area contributed by atoms with E-state index in [9.17, 15) is 4.79 Å². The first-order chi connectivity index (χ1) is 15.0. The fourth-order valence-electron chi connectivity index (χ4n) is 2.94. The molecule has 4 nitrogen and oxygen atoms in total. The number of benzene rings is 3. The summed E-state index contributed by atoms with van der Waals surface area (Å²) >= 11 is 5.92. The van der Waals surface area contributed by atoms with Crippen LogP contribution in [0.5, 0.6) is 17.2 Å². The fourth-order valence-corrected chi connectivity index (χ4v) is 3.07. The van der Waals surface area contributed by atoms with Crippen molar-refractivity contribution < 1.29 is 19.0 Å². The maximum Gasteiger partial charge on any atom is 0.348 e. The average Bonchev–Trinajstić information content (AvgIpc) is 2.77. The minimum absolute atomic E-state index is 0.0959. The molecule has 3 aromatic rings. The van der Waals surface area contributed by atoms with Gasteiger partial charge in [0.25, 0.3) is 0 Å². The molecule has 160 valence electrons. The minimum atomic E-state index is -0.771. The molecule has 2 unspecified atom stereocenters.